The molecule has 0 unspecified atom stereocenters. The number of ether oxygens (including phenoxy) is 2. The van der Waals surface area contributed by atoms with E-state index in [0.29, 0.717) is 11.5 Å². The monoisotopic (exact) mass is 260 g/mol. The molecule has 0 spiro atoms. The highest BCUT2D eigenvalue weighted by atomic mass is 16.5. The molecule has 0 heterocycles. The van der Waals surface area contributed by atoms with Gasteiger partial charge in [0, 0.05) is 5.56 Å². The fraction of sp³-hybridized carbons (Fsp3) is 0.267. The summed E-state index contributed by atoms with van der Waals surface area (Å²) in [6.07, 6.45) is 0.736. The van der Waals surface area contributed by atoms with Gasteiger partial charge in [0.1, 0.15) is 0 Å². The summed E-state index contributed by atoms with van der Waals surface area (Å²) in [6.45, 7) is 2.00. The minimum atomic E-state index is -0.932. The Hall–Kier alpha value is -2.23. The van der Waals surface area contributed by atoms with E-state index in [1.807, 2.05) is 13.0 Å². The van der Waals surface area contributed by atoms with Crippen molar-refractivity contribution >= 4 is 16.7 Å². The Morgan fingerprint density at radius 3 is 2.47 bits per heavy atom. The highest BCUT2D eigenvalue weighted by Gasteiger charge is 2.15. The molecule has 0 atom stereocenters. The van der Waals surface area contributed by atoms with Crippen molar-refractivity contribution < 1.29 is 19.4 Å². The van der Waals surface area contributed by atoms with Crippen molar-refractivity contribution in [1.82, 2.24) is 0 Å². The van der Waals surface area contributed by atoms with Crippen molar-refractivity contribution in [1.29, 1.82) is 0 Å². The zero-order valence-corrected chi connectivity index (χ0v) is 11.2. The Labute approximate surface area is 111 Å². The third-order valence-corrected chi connectivity index (χ3v) is 3.19. The smallest absolute Gasteiger partial charge is 0.335 e. The third kappa shape index (κ3) is 2.21. The number of fused-ring (bicyclic) bond motifs is 1. The molecule has 0 amide bonds. The number of aryl methyl sites for hydroxylation is 1. The first-order chi connectivity index (χ1) is 9.12. The molecule has 4 nitrogen and oxygen atoms in total. The molecule has 1 N–H and O–H groups in total. The number of methoxy groups -OCH3 is 2. The van der Waals surface area contributed by atoms with Crippen LogP contribution in [-0.2, 0) is 6.42 Å². The highest BCUT2D eigenvalue weighted by molar-refractivity contribution is 5.97. The number of carbonyl (C=O) groups is 1. The molecule has 0 bridgehead atoms. The molecule has 0 saturated heterocycles. The van der Waals surface area contributed by atoms with Gasteiger partial charge in [0.25, 0.3) is 0 Å². The Morgan fingerprint density at radius 1 is 1.21 bits per heavy atom. The summed E-state index contributed by atoms with van der Waals surface area (Å²) >= 11 is 0. The predicted octanol–water partition coefficient (Wildman–Crippen LogP) is 3.12. The lowest BCUT2D eigenvalue weighted by atomic mass is 9.98. The second-order valence-corrected chi connectivity index (χ2v) is 4.19. The maximum atomic E-state index is 11.1. The molecule has 0 radical (unpaired) electrons. The third-order valence-electron chi connectivity index (χ3n) is 3.19. The van der Waals surface area contributed by atoms with Crippen molar-refractivity contribution in [3.63, 3.8) is 0 Å². The topological polar surface area (TPSA) is 55.8 Å². The predicted molar refractivity (Wildman–Crippen MR) is 73.4 cm³/mol. The largest absolute Gasteiger partial charge is 0.493 e. The SMILES string of the molecule is CCc1c(OC)c(OC)cc2ccc(C(=O)O)cc12. The number of aromatic carboxylic acids is 1. The van der Waals surface area contributed by atoms with Gasteiger partial charge in [0.2, 0.25) is 0 Å². The first-order valence-corrected chi connectivity index (χ1v) is 6.03. The summed E-state index contributed by atoms with van der Waals surface area (Å²) < 4.78 is 10.7. The van der Waals surface area contributed by atoms with Gasteiger partial charge in [-0.2, -0.15) is 0 Å². The van der Waals surface area contributed by atoms with Crippen molar-refractivity contribution in [3.8, 4) is 11.5 Å². The summed E-state index contributed by atoms with van der Waals surface area (Å²) in [7, 11) is 3.18. The molecule has 0 aromatic heterocycles. The summed E-state index contributed by atoms with van der Waals surface area (Å²) in [6, 6.07) is 6.92. The van der Waals surface area contributed by atoms with Crippen molar-refractivity contribution in [2.75, 3.05) is 14.2 Å². The van der Waals surface area contributed by atoms with E-state index >= 15 is 0 Å². The van der Waals surface area contributed by atoms with Gasteiger partial charge in [-0.25, -0.2) is 4.79 Å². The van der Waals surface area contributed by atoms with Crippen LogP contribution in [0.25, 0.3) is 10.8 Å². The van der Waals surface area contributed by atoms with Gasteiger partial charge in [-0.1, -0.05) is 13.0 Å². The van der Waals surface area contributed by atoms with Crippen LogP contribution in [0.1, 0.15) is 22.8 Å². The van der Waals surface area contributed by atoms with E-state index in [9.17, 15) is 4.79 Å². The Morgan fingerprint density at radius 2 is 1.95 bits per heavy atom. The molecular formula is C15H16O4. The normalized spacial score (nSPS) is 10.5. The first kappa shape index (κ1) is 13.2. The molecule has 0 aliphatic carbocycles. The van der Waals surface area contributed by atoms with E-state index in [0.717, 1.165) is 22.8 Å². The zero-order valence-electron chi connectivity index (χ0n) is 11.2. The minimum absolute atomic E-state index is 0.273. The second-order valence-electron chi connectivity index (χ2n) is 4.19. The number of hydrogen-bond donors (Lipinski definition) is 1. The summed E-state index contributed by atoms with van der Waals surface area (Å²) in [5, 5.41) is 10.9. The lowest BCUT2D eigenvalue weighted by Crippen LogP contribution is -1.99. The van der Waals surface area contributed by atoms with Crippen LogP contribution < -0.4 is 9.47 Å². The van der Waals surface area contributed by atoms with Gasteiger partial charge in [0.05, 0.1) is 19.8 Å². The number of hydrogen-bond acceptors (Lipinski definition) is 3. The number of rotatable bonds is 4. The number of carboxylic acid groups (broad SMARTS) is 1. The fourth-order valence-corrected chi connectivity index (χ4v) is 2.28. The molecule has 0 aliphatic rings. The molecule has 0 aliphatic heterocycles. The first-order valence-electron chi connectivity index (χ1n) is 6.03. The Kier molecular flexibility index (Phi) is 3.60. The van der Waals surface area contributed by atoms with Crippen LogP contribution in [0.3, 0.4) is 0 Å². The molecule has 2 rings (SSSR count). The lowest BCUT2D eigenvalue weighted by Gasteiger charge is -2.15. The molecule has 4 heteroatoms. The number of benzene rings is 2. The van der Waals surface area contributed by atoms with Crippen LogP contribution >= 0.6 is 0 Å². The van der Waals surface area contributed by atoms with Crippen LogP contribution in [0.4, 0.5) is 0 Å². The van der Waals surface area contributed by atoms with E-state index in [2.05, 4.69) is 0 Å². The molecular weight excluding hydrogens is 244 g/mol. The Balaban J connectivity index is 2.82. The van der Waals surface area contributed by atoms with Gasteiger partial charge in [-0.05, 0) is 35.4 Å². The minimum Gasteiger partial charge on any atom is -0.493 e. The van der Waals surface area contributed by atoms with E-state index in [-0.39, 0.29) is 5.56 Å². The summed E-state index contributed by atoms with van der Waals surface area (Å²) in [4.78, 5) is 11.1. The zero-order chi connectivity index (χ0) is 14.0. The molecule has 2 aromatic rings. The number of carboxylic acids is 1. The van der Waals surface area contributed by atoms with Gasteiger partial charge < -0.3 is 14.6 Å². The van der Waals surface area contributed by atoms with E-state index in [1.54, 1.807) is 32.4 Å². The van der Waals surface area contributed by atoms with Gasteiger partial charge in [0.15, 0.2) is 11.5 Å². The average Bonchev–Trinajstić information content (AvgIpc) is 2.44. The van der Waals surface area contributed by atoms with Gasteiger partial charge in [-0.3, -0.25) is 0 Å². The van der Waals surface area contributed by atoms with Crippen molar-refractivity contribution in [2.24, 2.45) is 0 Å². The molecule has 2 aromatic carbocycles. The fourth-order valence-electron chi connectivity index (χ4n) is 2.28. The Bertz CT molecular complexity index is 632. The highest BCUT2D eigenvalue weighted by Crippen LogP contribution is 2.38. The maximum Gasteiger partial charge on any atom is 0.335 e. The molecule has 100 valence electrons. The lowest BCUT2D eigenvalue weighted by molar-refractivity contribution is 0.0697. The van der Waals surface area contributed by atoms with Gasteiger partial charge in [-0.15, -0.1) is 0 Å². The molecule has 0 fully saturated rings. The molecule has 19 heavy (non-hydrogen) atoms. The second kappa shape index (κ2) is 5.18. The van der Waals surface area contributed by atoms with E-state index in [1.165, 1.54) is 0 Å². The van der Waals surface area contributed by atoms with Gasteiger partial charge >= 0.3 is 5.97 Å². The van der Waals surface area contributed by atoms with E-state index < -0.39 is 5.97 Å². The van der Waals surface area contributed by atoms with E-state index in [4.69, 9.17) is 14.6 Å². The summed E-state index contributed by atoms with van der Waals surface area (Å²) in [5.74, 6) is 0.397. The maximum absolute atomic E-state index is 11.1. The molecule has 0 saturated carbocycles. The van der Waals surface area contributed by atoms with Crippen LogP contribution in [0.15, 0.2) is 24.3 Å². The summed E-state index contributed by atoms with van der Waals surface area (Å²) in [5.41, 5.74) is 1.23. The average molecular weight is 260 g/mol. The quantitative estimate of drug-likeness (QED) is 0.917. The van der Waals surface area contributed by atoms with Crippen LogP contribution in [0, 0.1) is 0 Å². The van der Waals surface area contributed by atoms with Crippen LogP contribution in [0.2, 0.25) is 0 Å². The van der Waals surface area contributed by atoms with Crippen molar-refractivity contribution in [3.05, 3.63) is 35.4 Å². The van der Waals surface area contributed by atoms with Crippen LogP contribution in [-0.4, -0.2) is 25.3 Å². The standard InChI is InChI=1S/C15H16O4/c1-4-11-12-7-10(15(16)17)6-5-9(12)8-13(18-2)14(11)19-3/h5-8H,4H2,1-3H3,(H,16,17). The van der Waals surface area contributed by atoms with Crippen molar-refractivity contribution in [2.45, 2.75) is 13.3 Å². The van der Waals surface area contributed by atoms with Crippen LogP contribution in [0.5, 0.6) is 11.5 Å².